The van der Waals surface area contributed by atoms with E-state index < -0.39 is 0 Å². The van der Waals surface area contributed by atoms with Gasteiger partial charge in [0.2, 0.25) is 0 Å². The van der Waals surface area contributed by atoms with Crippen molar-refractivity contribution in [1.29, 1.82) is 0 Å². The van der Waals surface area contributed by atoms with E-state index in [0.29, 0.717) is 12.1 Å². The van der Waals surface area contributed by atoms with Gasteiger partial charge in [-0.2, -0.15) is 0 Å². The predicted octanol–water partition coefficient (Wildman–Crippen LogP) is 1.49. The van der Waals surface area contributed by atoms with Crippen LogP contribution in [0.25, 0.3) is 0 Å². The summed E-state index contributed by atoms with van der Waals surface area (Å²) < 4.78 is 5.41. The van der Waals surface area contributed by atoms with Crippen LogP contribution in [0.2, 0.25) is 0 Å². The smallest absolute Gasteiger partial charge is 0.0710 e. The second kappa shape index (κ2) is 7.20. The number of nitrogens with one attached hydrogen (secondary N) is 1. The van der Waals surface area contributed by atoms with Gasteiger partial charge in [0, 0.05) is 32.8 Å². The molecule has 90 valence electrons. The molecule has 1 aliphatic heterocycles. The van der Waals surface area contributed by atoms with Crippen LogP contribution in [0.3, 0.4) is 0 Å². The van der Waals surface area contributed by atoms with Gasteiger partial charge in [0.25, 0.3) is 0 Å². The molecule has 15 heavy (non-hydrogen) atoms. The van der Waals surface area contributed by atoms with Crippen molar-refractivity contribution in [3.8, 4) is 0 Å². The molecule has 3 heteroatoms. The largest absolute Gasteiger partial charge is 0.380 e. The molecule has 0 bridgehead atoms. The lowest BCUT2D eigenvalue weighted by atomic mass is 10.1. The van der Waals surface area contributed by atoms with Crippen LogP contribution >= 0.6 is 0 Å². The van der Waals surface area contributed by atoms with Gasteiger partial charge in [0.1, 0.15) is 0 Å². The minimum Gasteiger partial charge on any atom is -0.380 e. The quantitative estimate of drug-likeness (QED) is 0.695. The molecular formula is C12H26N2O. The lowest BCUT2D eigenvalue weighted by molar-refractivity contribution is 0.0994. The first-order valence-corrected chi connectivity index (χ1v) is 6.29. The van der Waals surface area contributed by atoms with Crippen LogP contribution < -0.4 is 5.32 Å². The first-order valence-electron chi connectivity index (χ1n) is 6.29. The van der Waals surface area contributed by atoms with E-state index in [1.165, 1.54) is 25.8 Å². The molecule has 1 N–H and O–H groups in total. The van der Waals surface area contributed by atoms with Crippen molar-refractivity contribution in [3.05, 3.63) is 0 Å². The van der Waals surface area contributed by atoms with Crippen LogP contribution in [0.15, 0.2) is 0 Å². The molecule has 0 radical (unpaired) electrons. The Bertz CT molecular complexity index is 164. The van der Waals surface area contributed by atoms with Gasteiger partial charge in [-0.15, -0.1) is 0 Å². The number of ether oxygens (including phenoxy) is 1. The standard InChI is InChI=1S/C12H26N2O/c1-4-6-11(9-13-5-2)14-8-7-12(10-14)15-3/h11-13H,4-10H2,1-3H3. The molecule has 0 aromatic heterocycles. The lowest BCUT2D eigenvalue weighted by Crippen LogP contribution is -2.41. The number of hydrogen-bond acceptors (Lipinski definition) is 3. The molecule has 3 nitrogen and oxygen atoms in total. The van der Waals surface area contributed by atoms with E-state index in [0.717, 1.165) is 19.6 Å². The highest BCUT2D eigenvalue weighted by Crippen LogP contribution is 2.17. The average Bonchev–Trinajstić information content (AvgIpc) is 2.72. The van der Waals surface area contributed by atoms with Crippen LogP contribution in [0.5, 0.6) is 0 Å². The van der Waals surface area contributed by atoms with Crippen LogP contribution in [-0.4, -0.2) is 50.3 Å². The Hall–Kier alpha value is -0.120. The highest BCUT2D eigenvalue weighted by Gasteiger charge is 2.27. The minimum absolute atomic E-state index is 0.464. The van der Waals surface area contributed by atoms with E-state index in [4.69, 9.17) is 4.74 Å². The number of methoxy groups -OCH3 is 1. The van der Waals surface area contributed by atoms with Crippen molar-refractivity contribution in [2.75, 3.05) is 33.3 Å². The number of likely N-dealkylation sites (N-methyl/N-ethyl adjacent to an activating group) is 1. The number of nitrogens with zero attached hydrogens (tertiary/aromatic N) is 1. The normalized spacial score (nSPS) is 24.6. The van der Waals surface area contributed by atoms with E-state index in [1.54, 1.807) is 0 Å². The topological polar surface area (TPSA) is 24.5 Å². The van der Waals surface area contributed by atoms with Gasteiger partial charge < -0.3 is 10.1 Å². The summed E-state index contributed by atoms with van der Waals surface area (Å²) in [6, 6.07) is 0.704. The fourth-order valence-electron chi connectivity index (χ4n) is 2.34. The Labute approximate surface area is 94.2 Å². The Kier molecular flexibility index (Phi) is 6.22. The Morgan fingerprint density at radius 1 is 1.47 bits per heavy atom. The summed E-state index contributed by atoms with van der Waals surface area (Å²) in [4.78, 5) is 2.58. The van der Waals surface area contributed by atoms with Crippen molar-refractivity contribution in [2.45, 2.75) is 45.3 Å². The first-order chi connectivity index (χ1) is 7.31. The zero-order chi connectivity index (χ0) is 11.1. The summed E-state index contributed by atoms with van der Waals surface area (Å²) in [5.41, 5.74) is 0. The molecule has 0 aliphatic carbocycles. The molecule has 0 spiro atoms. The molecule has 0 aromatic rings. The van der Waals surface area contributed by atoms with E-state index in [9.17, 15) is 0 Å². The van der Waals surface area contributed by atoms with Gasteiger partial charge >= 0.3 is 0 Å². The zero-order valence-electron chi connectivity index (χ0n) is 10.5. The van der Waals surface area contributed by atoms with Crippen LogP contribution in [0.1, 0.15) is 33.1 Å². The SMILES string of the molecule is CCCC(CNCC)N1CCC(OC)C1. The fraction of sp³-hybridized carbons (Fsp3) is 1.00. The van der Waals surface area contributed by atoms with Gasteiger partial charge in [0.05, 0.1) is 6.10 Å². The molecule has 0 saturated carbocycles. The fourth-order valence-corrected chi connectivity index (χ4v) is 2.34. The second-order valence-electron chi connectivity index (χ2n) is 4.39. The highest BCUT2D eigenvalue weighted by molar-refractivity contribution is 4.82. The summed E-state index contributed by atoms with van der Waals surface area (Å²) in [5.74, 6) is 0. The van der Waals surface area contributed by atoms with Crippen molar-refractivity contribution >= 4 is 0 Å². The zero-order valence-corrected chi connectivity index (χ0v) is 10.5. The van der Waals surface area contributed by atoms with Crippen molar-refractivity contribution in [2.24, 2.45) is 0 Å². The van der Waals surface area contributed by atoms with E-state index in [-0.39, 0.29) is 0 Å². The maximum absolute atomic E-state index is 5.41. The summed E-state index contributed by atoms with van der Waals surface area (Å²) in [7, 11) is 1.83. The summed E-state index contributed by atoms with van der Waals surface area (Å²) in [6.07, 6.45) is 4.22. The van der Waals surface area contributed by atoms with Crippen LogP contribution in [-0.2, 0) is 4.74 Å². The van der Waals surface area contributed by atoms with Crippen LogP contribution in [0, 0.1) is 0 Å². The van der Waals surface area contributed by atoms with Gasteiger partial charge in [-0.05, 0) is 19.4 Å². The van der Waals surface area contributed by atoms with Gasteiger partial charge in [-0.3, -0.25) is 4.90 Å². The Morgan fingerprint density at radius 3 is 2.80 bits per heavy atom. The molecule has 1 heterocycles. The molecule has 0 aromatic carbocycles. The highest BCUT2D eigenvalue weighted by atomic mass is 16.5. The first kappa shape index (κ1) is 12.9. The maximum atomic E-state index is 5.41. The van der Waals surface area contributed by atoms with Crippen molar-refractivity contribution in [3.63, 3.8) is 0 Å². The minimum atomic E-state index is 0.464. The molecule has 1 aliphatic rings. The third-order valence-electron chi connectivity index (χ3n) is 3.28. The second-order valence-corrected chi connectivity index (χ2v) is 4.39. The molecule has 2 unspecified atom stereocenters. The van der Waals surface area contributed by atoms with Gasteiger partial charge in [0.15, 0.2) is 0 Å². The van der Waals surface area contributed by atoms with Crippen LogP contribution in [0.4, 0.5) is 0 Å². The van der Waals surface area contributed by atoms with E-state index in [2.05, 4.69) is 24.1 Å². The Balaban J connectivity index is 2.34. The third kappa shape index (κ3) is 4.09. The predicted molar refractivity (Wildman–Crippen MR) is 64.2 cm³/mol. The molecule has 2 atom stereocenters. The number of hydrogen-bond donors (Lipinski definition) is 1. The molecule has 1 rings (SSSR count). The summed E-state index contributed by atoms with van der Waals surface area (Å²) in [5, 5.41) is 3.46. The molecule has 1 fully saturated rings. The molecule has 0 amide bonds. The average molecular weight is 214 g/mol. The third-order valence-corrected chi connectivity index (χ3v) is 3.28. The number of rotatable bonds is 7. The van der Waals surface area contributed by atoms with Crippen molar-refractivity contribution in [1.82, 2.24) is 10.2 Å². The van der Waals surface area contributed by atoms with E-state index in [1.807, 2.05) is 7.11 Å². The Morgan fingerprint density at radius 2 is 2.27 bits per heavy atom. The number of likely N-dealkylation sites (tertiary alicyclic amines) is 1. The van der Waals surface area contributed by atoms with Gasteiger partial charge in [-0.1, -0.05) is 20.3 Å². The lowest BCUT2D eigenvalue weighted by Gasteiger charge is -2.27. The van der Waals surface area contributed by atoms with E-state index >= 15 is 0 Å². The summed E-state index contributed by atoms with van der Waals surface area (Å²) in [6.45, 7) is 8.96. The monoisotopic (exact) mass is 214 g/mol. The molecular weight excluding hydrogens is 188 g/mol. The maximum Gasteiger partial charge on any atom is 0.0710 e. The summed E-state index contributed by atoms with van der Waals surface area (Å²) >= 11 is 0. The van der Waals surface area contributed by atoms with Crippen molar-refractivity contribution < 1.29 is 4.74 Å². The molecule has 1 saturated heterocycles. The van der Waals surface area contributed by atoms with Gasteiger partial charge in [-0.25, -0.2) is 0 Å².